The second-order valence-corrected chi connectivity index (χ2v) is 7.78. The van der Waals surface area contributed by atoms with Gasteiger partial charge < -0.3 is 19.5 Å². The molecule has 0 aliphatic rings. The number of nitrogens with zero attached hydrogens (tertiary/aromatic N) is 1. The number of ether oxygens (including phenoxy) is 3. The van der Waals surface area contributed by atoms with Gasteiger partial charge in [0.2, 0.25) is 0 Å². The quantitative estimate of drug-likeness (QED) is 0.367. The maximum atomic E-state index is 14.1. The minimum atomic E-state index is -0.294. The normalized spacial score (nSPS) is 12.3. The third-order valence-corrected chi connectivity index (χ3v) is 4.95. The number of methoxy groups -OCH3 is 1. The van der Waals surface area contributed by atoms with Crippen molar-refractivity contribution in [3.05, 3.63) is 89.4 Å². The molecule has 1 unspecified atom stereocenters. The molecule has 5 nitrogen and oxygen atoms in total. The van der Waals surface area contributed by atoms with E-state index in [9.17, 15) is 4.39 Å². The number of allylic oxidation sites excluding steroid dienone is 1. The maximum Gasteiger partial charge on any atom is 0.133 e. The average molecular weight is 451 g/mol. The zero-order valence-electron chi connectivity index (χ0n) is 19.6. The van der Waals surface area contributed by atoms with Gasteiger partial charge >= 0.3 is 0 Å². The largest absolute Gasteiger partial charge is 0.489 e. The Bertz CT molecular complexity index is 1080. The lowest BCUT2D eigenvalue weighted by Gasteiger charge is -2.18. The molecule has 0 aliphatic carbocycles. The van der Waals surface area contributed by atoms with Crippen molar-refractivity contribution in [1.29, 1.82) is 0 Å². The highest BCUT2D eigenvalue weighted by Gasteiger charge is 2.12. The van der Waals surface area contributed by atoms with E-state index in [1.54, 1.807) is 31.5 Å². The van der Waals surface area contributed by atoms with E-state index in [1.807, 2.05) is 44.2 Å². The van der Waals surface area contributed by atoms with Crippen LogP contribution in [0.15, 0.2) is 66.9 Å². The van der Waals surface area contributed by atoms with E-state index in [0.717, 1.165) is 29.1 Å². The summed E-state index contributed by atoms with van der Waals surface area (Å²) in [4.78, 5) is 4.46. The summed E-state index contributed by atoms with van der Waals surface area (Å²) < 4.78 is 31.3. The Balaban J connectivity index is 1.93. The van der Waals surface area contributed by atoms with Crippen LogP contribution in [0.5, 0.6) is 11.5 Å². The van der Waals surface area contributed by atoms with Crippen molar-refractivity contribution in [1.82, 2.24) is 4.98 Å². The molecular weight excluding hydrogens is 419 g/mol. The van der Waals surface area contributed by atoms with Gasteiger partial charge in [0.1, 0.15) is 35.8 Å². The molecule has 1 atom stereocenters. The Morgan fingerprint density at radius 1 is 1.12 bits per heavy atom. The van der Waals surface area contributed by atoms with Crippen LogP contribution in [0.2, 0.25) is 0 Å². The van der Waals surface area contributed by atoms with Crippen LogP contribution in [0.1, 0.15) is 37.0 Å². The molecule has 174 valence electrons. The lowest BCUT2D eigenvalue weighted by Crippen LogP contribution is -2.18. The molecule has 0 radical (unpaired) electrons. The molecule has 0 fully saturated rings. The molecular formula is C27H31FN2O3. The Morgan fingerprint density at radius 2 is 1.91 bits per heavy atom. The van der Waals surface area contributed by atoms with E-state index in [1.165, 1.54) is 6.07 Å². The topological polar surface area (TPSA) is 52.6 Å². The van der Waals surface area contributed by atoms with E-state index in [4.69, 9.17) is 14.2 Å². The summed E-state index contributed by atoms with van der Waals surface area (Å²) >= 11 is 0. The Hall–Kier alpha value is -3.38. The van der Waals surface area contributed by atoms with Crippen LogP contribution < -0.4 is 14.8 Å². The van der Waals surface area contributed by atoms with Gasteiger partial charge in [-0.1, -0.05) is 37.3 Å². The summed E-state index contributed by atoms with van der Waals surface area (Å²) in [5, 5.41) is 3.43. The van der Waals surface area contributed by atoms with Crippen LogP contribution in [0.4, 0.5) is 10.2 Å². The highest BCUT2D eigenvalue weighted by atomic mass is 19.1. The van der Waals surface area contributed by atoms with Crippen LogP contribution in [-0.2, 0) is 11.3 Å². The fourth-order valence-corrected chi connectivity index (χ4v) is 3.35. The number of hydrogen-bond donors (Lipinski definition) is 1. The van der Waals surface area contributed by atoms with E-state index in [2.05, 4.69) is 23.3 Å². The van der Waals surface area contributed by atoms with Gasteiger partial charge in [-0.05, 0) is 50.1 Å². The number of rotatable bonds is 11. The van der Waals surface area contributed by atoms with E-state index < -0.39 is 0 Å². The maximum absolute atomic E-state index is 14.1. The summed E-state index contributed by atoms with van der Waals surface area (Å²) in [5.41, 5.74) is 3.30. The van der Waals surface area contributed by atoms with E-state index >= 15 is 0 Å². The molecule has 2 aromatic carbocycles. The van der Waals surface area contributed by atoms with Gasteiger partial charge in [0, 0.05) is 36.2 Å². The van der Waals surface area contributed by atoms with Crippen molar-refractivity contribution < 1.29 is 18.6 Å². The van der Waals surface area contributed by atoms with Gasteiger partial charge in [0.25, 0.3) is 0 Å². The summed E-state index contributed by atoms with van der Waals surface area (Å²) in [5.74, 6) is 1.71. The predicted molar refractivity (Wildman–Crippen MR) is 130 cm³/mol. The molecule has 0 aliphatic heterocycles. The lowest BCUT2D eigenvalue weighted by atomic mass is 10.1. The number of benzene rings is 2. The smallest absolute Gasteiger partial charge is 0.133 e. The van der Waals surface area contributed by atoms with Crippen molar-refractivity contribution in [2.45, 2.75) is 39.9 Å². The number of halogens is 1. The van der Waals surface area contributed by atoms with Gasteiger partial charge in [0.05, 0.1) is 6.61 Å². The summed E-state index contributed by atoms with van der Waals surface area (Å²) in [6.45, 7) is 6.59. The number of hydrogen-bond acceptors (Lipinski definition) is 5. The number of aryl methyl sites for hydroxylation is 1. The SMILES string of the molecule is CC/C=C(/Nc1ncccc1C)c1cc(OCc2ccccc2F)cc(OC(C)COC)c1. The molecule has 3 aromatic rings. The minimum Gasteiger partial charge on any atom is -0.489 e. The summed E-state index contributed by atoms with van der Waals surface area (Å²) in [6.07, 6.45) is 4.53. The van der Waals surface area contributed by atoms with Gasteiger partial charge in [-0.2, -0.15) is 0 Å². The zero-order valence-corrected chi connectivity index (χ0v) is 19.6. The van der Waals surface area contributed by atoms with Crippen molar-refractivity contribution in [3.63, 3.8) is 0 Å². The second-order valence-electron chi connectivity index (χ2n) is 7.78. The molecule has 33 heavy (non-hydrogen) atoms. The Morgan fingerprint density at radius 3 is 2.64 bits per heavy atom. The molecule has 0 saturated heterocycles. The first-order valence-corrected chi connectivity index (χ1v) is 11.1. The summed E-state index contributed by atoms with van der Waals surface area (Å²) in [6, 6.07) is 16.2. The molecule has 0 saturated carbocycles. The third-order valence-electron chi connectivity index (χ3n) is 4.95. The molecule has 3 rings (SSSR count). The minimum absolute atomic E-state index is 0.114. The highest BCUT2D eigenvalue weighted by molar-refractivity contribution is 5.77. The lowest BCUT2D eigenvalue weighted by molar-refractivity contribution is 0.0918. The van der Waals surface area contributed by atoms with Gasteiger partial charge in [0.15, 0.2) is 0 Å². The number of nitrogens with one attached hydrogen (secondary N) is 1. The monoisotopic (exact) mass is 450 g/mol. The predicted octanol–water partition coefficient (Wildman–Crippen LogP) is 6.38. The number of pyridine rings is 1. The molecule has 6 heteroatoms. The van der Waals surface area contributed by atoms with E-state index in [0.29, 0.717) is 23.7 Å². The zero-order chi connectivity index (χ0) is 23.6. The fourth-order valence-electron chi connectivity index (χ4n) is 3.35. The fraction of sp³-hybridized carbons (Fsp3) is 0.296. The number of aromatic nitrogens is 1. The van der Waals surface area contributed by atoms with E-state index in [-0.39, 0.29) is 18.5 Å². The van der Waals surface area contributed by atoms with Crippen LogP contribution in [0, 0.1) is 12.7 Å². The second kappa shape index (κ2) is 12.0. The first-order chi connectivity index (χ1) is 16.0. The highest BCUT2D eigenvalue weighted by Crippen LogP contribution is 2.30. The summed E-state index contributed by atoms with van der Waals surface area (Å²) in [7, 11) is 1.64. The van der Waals surface area contributed by atoms with Gasteiger partial charge in [-0.25, -0.2) is 9.37 Å². The molecule has 0 bridgehead atoms. The molecule has 1 heterocycles. The standard InChI is InChI=1S/C27H31FN2O3/c1-5-9-26(30-27-19(2)10-8-13-29-27)22-14-23(16-24(15-22)33-20(3)17-31-4)32-18-21-11-6-7-12-25(21)28/h6-16,20H,5,17-18H2,1-4H3,(H,29,30)/b26-9+. The van der Waals surface area contributed by atoms with Crippen LogP contribution in [-0.4, -0.2) is 24.8 Å². The van der Waals surface area contributed by atoms with Gasteiger partial charge in [-0.3, -0.25) is 0 Å². The van der Waals surface area contributed by atoms with Crippen LogP contribution in [0.3, 0.4) is 0 Å². The molecule has 1 N–H and O–H groups in total. The average Bonchev–Trinajstić information content (AvgIpc) is 2.79. The van der Waals surface area contributed by atoms with Crippen molar-refractivity contribution in [2.75, 3.05) is 19.0 Å². The molecule has 1 aromatic heterocycles. The first kappa shape index (κ1) is 24.3. The van der Waals surface area contributed by atoms with Crippen molar-refractivity contribution in [2.24, 2.45) is 0 Å². The third kappa shape index (κ3) is 7.05. The molecule has 0 spiro atoms. The first-order valence-electron chi connectivity index (χ1n) is 11.1. The van der Waals surface area contributed by atoms with Crippen LogP contribution >= 0.6 is 0 Å². The number of anilines is 1. The van der Waals surface area contributed by atoms with Gasteiger partial charge in [-0.15, -0.1) is 0 Å². The van der Waals surface area contributed by atoms with Crippen molar-refractivity contribution in [3.8, 4) is 11.5 Å². The Labute approximate surface area is 195 Å². The molecule has 0 amide bonds. The Kier molecular flexibility index (Phi) is 8.84. The van der Waals surface area contributed by atoms with Crippen LogP contribution in [0.25, 0.3) is 5.70 Å². The van der Waals surface area contributed by atoms with Crippen molar-refractivity contribution >= 4 is 11.5 Å².